The Hall–Kier alpha value is 3.84. The minimum Gasteiger partial charge on any atom is -0.759 e. The molecule has 0 amide bonds. The average molecular weight is 460 g/mol. The van der Waals surface area contributed by atoms with Crippen LogP contribution < -0.4 is 138 Å². The Morgan fingerprint density at radius 1 is 0.833 bits per heavy atom. The SMILES string of the molecule is O=S(=O)(O)O.O=S(=O)([O-])[O-].[Cs+].[Cs+]. The second-order valence-electron chi connectivity index (χ2n) is 0.856. The third-order valence-corrected chi connectivity index (χ3v) is 0. The minimum atomic E-state index is -5.17. The first kappa shape index (κ1) is 24.9. The van der Waals surface area contributed by atoms with Crippen LogP contribution in [0.4, 0.5) is 0 Å². The van der Waals surface area contributed by atoms with Crippen molar-refractivity contribution in [1.82, 2.24) is 0 Å². The van der Waals surface area contributed by atoms with Gasteiger partial charge in [-0.2, -0.15) is 8.42 Å². The van der Waals surface area contributed by atoms with Gasteiger partial charge in [-0.25, -0.2) is 0 Å². The van der Waals surface area contributed by atoms with Crippen LogP contribution in [0.3, 0.4) is 0 Å². The van der Waals surface area contributed by atoms with Crippen molar-refractivity contribution in [1.29, 1.82) is 0 Å². The van der Waals surface area contributed by atoms with Crippen LogP contribution in [-0.4, -0.2) is 35.0 Å². The van der Waals surface area contributed by atoms with E-state index in [4.69, 9.17) is 35.0 Å². The third-order valence-electron chi connectivity index (χ3n) is 0. The van der Waals surface area contributed by atoms with E-state index >= 15 is 0 Å². The summed E-state index contributed by atoms with van der Waals surface area (Å²) in [6.07, 6.45) is 0. The molecule has 0 aliphatic rings. The van der Waals surface area contributed by atoms with Gasteiger partial charge in [0.1, 0.15) is 0 Å². The zero-order valence-electron chi connectivity index (χ0n) is 6.16. The molecule has 0 fully saturated rings. The van der Waals surface area contributed by atoms with Gasteiger partial charge in [0, 0.05) is 10.4 Å². The Balaban J connectivity index is -0.0000000457. The summed E-state index contributed by atoms with van der Waals surface area (Å²) in [6.45, 7) is 0. The number of hydrogen-bond acceptors (Lipinski definition) is 6. The first-order valence-electron chi connectivity index (χ1n) is 1.37. The zero-order chi connectivity index (χ0) is 9.00. The van der Waals surface area contributed by atoms with E-state index < -0.39 is 20.8 Å². The van der Waals surface area contributed by atoms with Gasteiger partial charge in [0.2, 0.25) is 0 Å². The standard InChI is InChI=1S/2Cs.2H2O4S/c;;2*1-5(2,3)4/h;;2*(H2,1,2,3,4)/q2*+1;;/p-2. The minimum absolute atomic E-state index is 0. The quantitative estimate of drug-likeness (QED) is 0.267. The summed E-state index contributed by atoms with van der Waals surface area (Å²) in [5.41, 5.74) is 0. The van der Waals surface area contributed by atoms with Crippen LogP contribution in [0, 0.1) is 0 Å². The van der Waals surface area contributed by atoms with E-state index in [0.717, 1.165) is 0 Å². The summed E-state index contributed by atoms with van der Waals surface area (Å²) in [5, 5.41) is 0. The van der Waals surface area contributed by atoms with Gasteiger partial charge >= 0.3 is 148 Å². The molecule has 0 aromatic carbocycles. The predicted molar refractivity (Wildman–Crippen MR) is 24.7 cm³/mol. The maximum Gasteiger partial charge on any atom is 1.00 e. The molecule has 0 saturated carbocycles. The Kier molecular flexibility index (Phi) is 23.5. The molecule has 8 nitrogen and oxygen atoms in total. The molecule has 0 radical (unpaired) electrons. The summed E-state index contributed by atoms with van der Waals surface area (Å²) in [4.78, 5) is 0. The first-order valence-corrected chi connectivity index (χ1v) is 4.10. The zero-order valence-corrected chi connectivity index (χ0v) is 20.4. The van der Waals surface area contributed by atoms with Crippen LogP contribution in [0.15, 0.2) is 0 Å². The summed E-state index contributed by atoms with van der Waals surface area (Å²) in [7, 11) is -9.83. The maximum atomic E-state index is 8.74. The van der Waals surface area contributed by atoms with Crippen molar-refractivity contribution in [2.45, 2.75) is 0 Å². The smallest absolute Gasteiger partial charge is 0.759 e. The molecule has 0 aromatic rings. The molecule has 0 aliphatic heterocycles. The molecule has 0 bridgehead atoms. The van der Waals surface area contributed by atoms with Gasteiger partial charge in [-0.1, -0.05) is 0 Å². The van der Waals surface area contributed by atoms with Gasteiger partial charge in [-0.05, 0) is 0 Å². The van der Waals surface area contributed by atoms with Crippen molar-refractivity contribution >= 4 is 20.8 Å². The maximum absolute atomic E-state index is 8.74. The summed E-state index contributed by atoms with van der Waals surface area (Å²) in [6, 6.07) is 0. The van der Waals surface area contributed by atoms with Crippen LogP contribution in [0.1, 0.15) is 0 Å². The van der Waals surface area contributed by atoms with E-state index in [1.54, 1.807) is 0 Å². The first-order chi connectivity index (χ1) is 4.00. The van der Waals surface area contributed by atoms with E-state index in [2.05, 4.69) is 0 Å². The molecule has 2 N–H and O–H groups in total. The molecule has 0 aromatic heterocycles. The van der Waals surface area contributed by atoms with E-state index in [9.17, 15) is 0 Å². The molecule has 0 rings (SSSR count). The third kappa shape index (κ3) is 155. The van der Waals surface area contributed by atoms with Crippen LogP contribution in [0.5, 0.6) is 0 Å². The Labute approximate surface area is 187 Å². The normalized spacial score (nSPS) is 9.67. The van der Waals surface area contributed by atoms with Crippen LogP contribution in [0.25, 0.3) is 0 Å². The number of hydrogen-bond donors (Lipinski definition) is 2. The molecule has 64 valence electrons. The van der Waals surface area contributed by atoms with E-state index in [1.165, 1.54) is 0 Å². The summed E-state index contributed by atoms with van der Waals surface area (Å²) in [5.74, 6) is 0. The van der Waals surface area contributed by atoms with Crippen molar-refractivity contribution in [3.8, 4) is 0 Å². The molecule has 12 heteroatoms. The van der Waals surface area contributed by atoms with Crippen LogP contribution in [-0.2, 0) is 20.8 Å². The van der Waals surface area contributed by atoms with Crippen molar-refractivity contribution in [3.63, 3.8) is 0 Å². The molecule has 0 aliphatic carbocycles. The molecule has 0 atom stereocenters. The molecular formula is H2Cs2O8S2. The fourth-order valence-corrected chi connectivity index (χ4v) is 0. The molecule has 0 heterocycles. The topological polar surface area (TPSA) is 155 Å². The second-order valence-corrected chi connectivity index (χ2v) is 2.57. The van der Waals surface area contributed by atoms with Crippen molar-refractivity contribution in [2.75, 3.05) is 0 Å². The van der Waals surface area contributed by atoms with Gasteiger partial charge in [-0.3, -0.25) is 17.5 Å². The predicted octanol–water partition coefficient (Wildman–Crippen LogP) is -7.98. The number of rotatable bonds is 0. The van der Waals surface area contributed by atoms with Gasteiger partial charge in [-0.15, -0.1) is 0 Å². The van der Waals surface area contributed by atoms with Crippen LogP contribution >= 0.6 is 0 Å². The Morgan fingerprint density at radius 3 is 0.833 bits per heavy atom. The fourth-order valence-electron chi connectivity index (χ4n) is 0. The van der Waals surface area contributed by atoms with E-state index in [0.29, 0.717) is 0 Å². The molecule has 12 heavy (non-hydrogen) atoms. The van der Waals surface area contributed by atoms with E-state index in [1.807, 2.05) is 0 Å². The van der Waals surface area contributed by atoms with Crippen molar-refractivity contribution in [2.24, 2.45) is 0 Å². The van der Waals surface area contributed by atoms with Gasteiger partial charge in [0.05, 0.1) is 0 Å². The summed E-state index contributed by atoms with van der Waals surface area (Å²) < 4.78 is 65.7. The van der Waals surface area contributed by atoms with Gasteiger partial charge < -0.3 is 9.11 Å². The largest absolute Gasteiger partial charge is 1.00 e. The second kappa shape index (κ2) is 11.3. The molecular weight excluding hydrogens is 458 g/mol. The monoisotopic (exact) mass is 460 g/mol. The van der Waals surface area contributed by atoms with Crippen LogP contribution in [0.2, 0.25) is 0 Å². The molecule has 0 unspecified atom stereocenters. The van der Waals surface area contributed by atoms with Crippen molar-refractivity contribution < 1.29 is 173 Å². The van der Waals surface area contributed by atoms with E-state index in [-0.39, 0.29) is 138 Å². The average Bonchev–Trinajstić information content (AvgIpc) is 1.12. The Bertz CT molecular complexity index is 211. The summed E-state index contributed by atoms with van der Waals surface area (Å²) >= 11 is 0. The fraction of sp³-hybridized carbons (Fsp3) is 0. The molecule has 0 spiro atoms. The van der Waals surface area contributed by atoms with Gasteiger partial charge in [0.25, 0.3) is 0 Å². The molecule has 0 saturated heterocycles. The van der Waals surface area contributed by atoms with Gasteiger partial charge in [0.15, 0.2) is 0 Å². The Morgan fingerprint density at radius 2 is 0.833 bits per heavy atom. The van der Waals surface area contributed by atoms with Crippen molar-refractivity contribution in [3.05, 3.63) is 0 Å².